The largest absolute Gasteiger partial charge is 0.376 e. The number of ether oxygens (including phenoxy) is 3. The Bertz CT molecular complexity index is 84.5. The molecule has 0 atom stereocenters. The van der Waals surface area contributed by atoms with Crippen LogP contribution in [0.15, 0.2) is 0 Å². The molecule has 2 bridgehead atoms. The van der Waals surface area contributed by atoms with Gasteiger partial charge in [-0.1, -0.05) is 0 Å². The molecule has 2 fully saturated rings. The second-order valence-corrected chi connectivity index (χ2v) is 2.46. The van der Waals surface area contributed by atoms with Gasteiger partial charge in [-0.05, 0) is 0 Å². The molecule has 2 aliphatic rings. The van der Waals surface area contributed by atoms with Gasteiger partial charge in [-0.15, -0.1) is 0 Å². The Morgan fingerprint density at radius 3 is 1.56 bits per heavy atom. The first-order chi connectivity index (χ1) is 4.45. The Morgan fingerprint density at radius 2 is 1.22 bits per heavy atom. The highest BCUT2D eigenvalue weighted by Crippen LogP contribution is 2.13. The minimum absolute atomic E-state index is 0.206. The summed E-state index contributed by atoms with van der Waals surface area (Å²) in [5.74, 6) is 0. The van der Waals surface area contributed by atoms with Gasteiger partial charge in [0, 0.05) is 0 Å². The Balaban J connectivity index is 1.96. The van der Waals surface area contributed by atoms with Gasteiger partial charge in [-0.2, -0.15) is 0 Å². The van der Waals surface area contributed by atoms with Gasteiger partial charge in [0.15, 0.2) is 0 Å². The topological polar surface area (TPSA) is 27.7 Å². The highest BCUT2D eigenvalue weighted by atomic mass is 16.6. The van der Waals surface area contributed by atoms with Gasteiger partial charge in [0.05, 0.1) is 26.4 Å². The molecule has 0 unspecified atom stereocenters. The van der Waals surface area contributed by atoms with E-state index >= 15 is 0 Å². The minimum atomic E-state index is 0.206. The molecule has 0 spiro atoms. The van der Waals surface area contributed by atoms with Crippen molar-refractivity contribution < 1.29 is 14.2 Å². The third-order valence-electron chi connectivity index (χ3n) is 1.60. The van der Waals surface area contributed by atoms with Crippen LogP contribution in [0.5, 0.6) is 0 Å². The van der Waals surface area contributed by atoms with Crippen molar-refractivity contribution in [3.63, 3.8) is 0 Å². The summed E-state index contributed by atoms with van der Waals surface area (Å²) in [5.41, 5.74) is 0. The lowest BCUT2D eigenvalue weighted by Gasteiger charge is -2.34. The molecule has 9 heavy (non-hydrogen) atoms. The number of rotatable bonds is 0. The Morgan fingerprint density at radius 1 is 0.778 bits per heavy atom. The molecule has 0 aromatic rings. The molecule has 0 aromatic heterocycles. The normalized spacial score (nSPS) is 42.7. The average Bonchev–Trinajstić information content (AvgIpc) is 1.88. The molecule has 0 N–H and O–H groups in total. The molecule has 0 aromatic carbocycles. The van der Waals surface area contributed by atoms with E-state index in [-0.39, 0.29) is 12.2 Å². The summed E-state index contributed by atoms with van der Waals surface area (Å²) < 4.78 is 15.9. The van der Waals surface area contributed by atoms with Gasteiger partial charge in [0.2, 0.25) is 0 Å². The van der Waals surface area contributed by atoms with Crippen LogP contribution in [-0.4, -0.2) is 38.6 Å². The van der Waals surface area contributed by atoms with Crippen LogP contribution in [0.2, 0.25) is 0 Å². The zero-order valence-electron chi connectivity index (χ0n) is 5.21. The molecular formula is C6H10O3. The fraction of sp³-hybridized carbons (Fsp3) is 1.00. The van der Waals surface area contributed by atoms with Gasteiger partial charge in [-0.25, -0.2) is 0 Å². The molecule has 0 saturated carbocycles. The molecule has 0 amide bonds. The van der Waals surface area contributed by atoms with Crippen molar-refractivity contribution in [2.75, 3.05) is 26.4 Å². The van der Waals surface area contributed by atoms with Crippen LogP contribution in [0.3, 0.4) is 0 Å². The van der Waals surface area contributed by atoms with Gasteiger partial charge in [-0.3, -0.25) is 0 Å². The molecule has 2 heterocycles. The quantitative estimate of drug-likeness (QED) is 0.454. The fourth-order valence-electron chi connectivity index (χ4n) is 1.19. The van der Waals surface area contributed by atoms with Crippen LogP contribution in [0.4, 0.5) is 0 Å². The zero-order chi connectivity index (χ0) is 6.10. The number of hydrogen-bond acceptors (Lipinski definition) is 3. The van der Waals surface area contributed by atoms with E-state index in [9.17, 15) is 0 Å². The monoisotopic (exact) mass is 130 g/mol. The van der Waals surface area contributed by atoms with E-state index in [0.29, 0.717) is 26.4 Å². The summed E-state index contributed by atoms with van der Waals surface area (Å²) in [6.07, 6.45) is 0.412. The van der Waals surface area contributed by atoms with E-state index < -0.39 is 0 Å². The Hall–Kier alpha value is -0.120. The summed E-state index contributed by atoms with van der Waals surface area (Å²) in [6.45, 7) is 2.82. The van der Waals surface area contributed by atoms with Crippen molar-refractivity contribution in [2.45, 2.75) is 12.2 Å². The summed E-state index contributed by atoms with van der Waals surface area (Å²) in [5, 5.41) is 0. The highest BCUT2D eigenvalue weighted by Gasteiger charge is 2.27. The third kappa shape index (κ3) is 1.08. The van der Waals surface area contributed by atoms with Crippen LogP contribution in [0.1, 0.15) is 0 Å². The van der Waals surface area contributed by atoms with Crippen molar-refractivity contribution in [1.29, 1.82) is 0 Å². The lowest BCUT2D eigenvalue weighted by molar-refractivity contribution is -0.212. The van der Waals surface area contributed by atoms with Crippen molar-refractivity contribution in [3.8, 4) is 0 Å². The third-order valence-corrected chi connectivity index (χ3v) is 1.60. The lowest BCUT2D eigenvalue weighted by Crippen LogP contribution is -2.45. The molecule has 0 radical (unpaired) electrons. The first kappa shape index (κ1) is 5.65. The van der Waals surface area contributed by atoms with E-state index in [1.54, 1.807) is 0 Å². The predicted octanol–water partition coefficient (Wildman–Crippen LogP) is -0.199. The molecular weight excluding hydrogens is 120 g/mol. The Kier molecular flexibility index (Phi) is 1.41. The van der Waals surface area contributed by atoms with E-state index in [1.165, 1.54) is 0 Å². The van der Waals surface area contributed by atoms with Crippen LogP contribution < -0.4 is 0 Å². The molecule has 2 saturated heterocycles. The zero-order valence-corrected chi connectivity index (χ0v) is 5.21. The smallest absolute Gasteiger partial charge is 0.105 e. The van der Waals surface area contributed by atoms with E-state index in [0.717, 1.165) is 0 Å². The minimum Gasteiger partial charge on any atom is -0.376 e. The second-order valence-electron chi connectivity index (χ2n) is 2.46. The summed E-state index contributed by atoms with van der Waals surface area (Å²) >= 11 is 0. The van der Waals surface area contributed by atoms with Crippen molar-refractivity contribution in [3.05, 3.63) is 0 Å². The molecule has 0 aliphatic carbocycles. The summed E-state index contributed by atoms with van der Waals surface area (Å²) in [4.78, 5) is 0. The van der Waals surface area contributed by atoms with Crippen LogP contribution in [-0.2, 0) is 14.2 Å². The van der Waals surface area contributed by atoms with Crippen LogP contribution in [0, 0.1) is 0 Å². The number of fused-ring (bicyclic) bond motifs is 2. The predicted molar refractivity (Wildman–Crippen MR) is 30.3 cm³/mol. The molecule has 3 heteroatoms. The standard InChI is InChI=1S/C6H10O3/c1-5-2-8-4-6(9-5)3-7-1/h5-6H,1-4H2. The molecule has 2 aliphatic heterocycles. The van der Waals surface area contributed by atoms with Gasteiger partial charge in [0.1, 0.15) is 12.2 Å². The maximum atomic E-state index is 5.47. The van der Waals surface area contributed by atoms with Crippen molar-refractivity contribution in [2.24, 2.45) is 0 Å². The summed E-state index contributed by atoms with van der Waals surface area (Å²) in [6, 6.07) is 0. The second kappa shape index (κ2) is 2.25. The van der Waals surface area contributed by atoms with Crippen molar-refractivity contribution >= 4 is 0 Å². The molecule has 52 valence electrons. The molecule has 3 nitrogen and oxygen atoms in total. The first-order valence-electron chi connectivity index (χ1n) is 3.26. The van der Waals surface area contributed by atoms with Gasteiger partial charge < -0.3 is 14.2 Å². The van der Waals surface area contributed by atoms with Gasteiger partial charge in [0.25, 0.3) is 0 Å². The van der Waals surface area contributed by atoms with E-state index in [2.05, 4.69) is 0 Å². The van der Waals surface area contributed by atoms with Gasteiger partial charge >= 0.3 is 0 Å². The van der Waals surface area contributed by atoms with E-state index in [4.69, 9.17) is 14.2 Å². The highest BCUT2D eigenvalue weighted by molar-refractivity contribution is 4.71. The molecule has 2 rings (SSSR count). The maximum absolute atomic E-state index is 5.47. The van der Waals surface area contributed by atoms with E-state index in [1.807, 2.05) is 0 Å². The van der Waals surface area contributed by atoms with Crippen molar-refractivity contribution in [1.82, 2.24) is 0 Å². The van der Waals surface area contributed by atoms with Crippen LogP contribution >= 0.6 is 0 Å². The lowest BCUT2D eigenvalue weighted by atomic mass is 10.3. The number of hydrogen-bond donors (Lipinski definition) is 0. The summed E-state index contributed by atoms with van der Waals surface area (Å²) in [7, 11) is 0. The SMILES string of the molecule is C1OCC2COCC1O2. The maximum Gasteiger partial charge on any atom is 0.105 e. The first-order valence-corrected chi connectivity index (χ1v) is 3.26. The average molecular weight is 130 g/mol. The Labute approximate surface area is 53.9 Å². The van der Waals surface area contributed by atoms with Crippen LogP contribution in [0.25, 0.3) is 0 Å². The fourth-order valence-corrected chi connectivity index (χ4v) is 1.19.